The Morgan fingerprint density at radius 3 is 2.43 bits per heavy atom. The number of nitrogens with one attached hydrogen (secondary N) is 1. The van der Waals surface area contributed by atoms with Crippen molar-refractivity contribution in [2.45, 2.75) is 6.92 Å². The van der Waals surface area contributed by atoms with Crippen LogP contribution in [0.2, 0.25) is 0 Å². The SMILES string of the molecule is COc1ccc(/C(C)=N/NC(=O)c2ccccc2N)cc1. The summed E-state index contributed by atoms with van der Waals surface area (Å²) in [5, 5.41) is 4.09. The Morgan fingerprint density at radius 1 is 1.14 bits per heavy atom. The first-order valence-electron chi connectivity index (χ1n) is 6.45. The van der Waals surface area contributed by atoms with E-state index in [-0.39, 0.29) is 5.91 Å². The number of ether oxygens (including phenoxy) is 1. The van der Waals surface area contributed by atoms with Crippen LogP contribution in [0.4, 0.5) is 5.69 Å². The van der Waals surface area contributed by atoms with Gasteiger partial charge in [-0.1, -0.05) is 12.1 Å². The number of methoxy groups -OCH3 is 1. The topological polar surface area (TPSA) is 76.7 Å². The molecule has 3 N–H and O–H groups in total. The van der Waals surface area contributed by atoms with Crippen molar-refractivity contribution in [2.24, 2.45) is 5.10 Å². The minimum absolute atomic E-state index is 0.332. The number of nitrogens with zero attached hydrogens (tertiary/aromatic N) is 1. The third kappa shape index (κ3) is 3.60. The molecule has 0 heterocycles. The fraction of sp³-hybridized carbons (Fsp3) is 0.125. The fourth-order valence-corrected chi connectivity index (χ4v) is 1.80. The van der Waals surface area contributed by atoms with Crippen molar-refractivity contribution in [1.82, 2.24) is 5.43 Å². The standard InChI is InChI=1S/C16H17N3O2/c1-11(12-7-9-13(21-2)10-8-12)18-19-16(20)14-5-3-4-6-15(14)17/h3-10H,17H2,1-2H3,(H,19,20)/b18-11+. The zero-order valence-electron chi connectivity index (χ0n) is 12.0. The number of hydrogen-bond donors (Lipinski definition) is 2. The lowest BCUT2D eigenvalue weighted by Gasteiger charge is -2.06. The van der Waals surface area contributed by atoms with Gasteiger partial charge in [0.1, 0.15) is 5.75 Å². The van der Waals surface area contributed by atoms with Gasteiger partial charge in [-0.15, -0.1) is 0 Å². The Balaban J connectivity index is 2.09. The Bertz CT molecular complexity index is 663. The number of carbonyl (C=O) groups excluding carboxylic acids is 1. The molecular formula is C16H17N3O2. The highest BCUT2D eigenvalue weighted by molar-refractivity contribution is 6.02. The molecule has 108 valence electrons. The van der Waals surface area contributed by atoms with Gasteiger partial charge in [0.2, 0.25) is 0 Å². The summed E-state index contributed by atoms with van der Waals surface area (Å²) in [7, 11) is 1.61. The molecule has 0 fully saturated rings. The van der Waals surface area contributed by atoms with Crippen LogP contribution in [0.1, 0.15) is 22.8 Å². The van der Waals surface area contributed by atoms with Crippen LogP contribution in [-0.2, 0) is 0 Å². The number of carbonyl (C=O) groups is 1. The van der Waals surface area contributed by atoms with Crippen molar-refractivity contribution >= 4 is 17.3 Å². The lowest BCUT2D eigenvalue weighted by molar-refractivity contribution is 0.0955. The second-order valence-corrected chi connectivity index (χ2v) is 4.45. The number of hydrazone groups is 1. The molecule has 5 nitrogen and oxygen atoms in total. The maximum absolute atomic E-state index is 12.0. The van der Waals surface area contributed by atoms with Gasteiger partial charge in [0.25, 0.3) is 5.91 Å². The molecule has 21 heavy (non-hydrogen) atoms. The summed E-state index contributed by atoms with van der Waals surface area (Å²) < 4.78 is 5.09. The summed E-state index contributed by atoms with van der Waals surface area (Å²) in [5.74, 6) is 0.439. The van der Waals surface area contributed by atoms with Crippen molar-refractivity contribution in [3.63, 3.8) is 0 Å². The van der Waals surface area contributed by atoms with Gasteiger partial charge in [0.15, 0.2) is 0 Å². The molecule has 2 rings (SSSR count). The fourth-order valence-electron chi connectivity index (χ4n) is 1.80. The second kappa shape index (κ2) is 6.56. The summed E-state index contributed by atoms with van der Waals surface area (Å²) in [6, 6.07) is 14.3. The van der Waals surface area contributed by atoms with Crippen LogP contribution in [0.15, 0.2) is 53.6 Å². The zero-order valence-corrected chi connectivity index (χ0v) is 12.0. The highest BCUT2D eigenvalue weighted by Crippen LogP contribution is 2.12. The molecule has 0 aromatic heterocycles. The molecule has 2 aromatic rings. The minimum Gasteiger partial charge on any atom is -0.497 e. The Hall–Kier alpha value is -2.82. The number of benzene rings is 2. The van der Waals surface area contributed by atoms with Crippen molar-refractivity contribution < 1.29 is 9.53 Å². The van der Waals surface area contributed by atoms with E-state index in [4.69, 9.17) is 10.5 Å². The number of nitrogens with two attached hydrogens (primary N) is 1. The normalized spacial score (nSPS) is 11.0. The lowest BCUT2D eigenvalue weighted by Crippen LogP contribution is -2.20. The molecule has 0 atom stereocenters. The van der Waals surface area contributed by atoms with Gasteiger partial charge in [-0.3, -0.25) is 4.79 Å². The molecule has 1 amide bonds. The van der Waals surface area contributed by atoms with E-state index in [0.29, 0.717) is 17.0 Å². The minimum atomic E-state index is -0.332. The molecule has 0 saturated heterocycles. The van der Waals surface area contributed by atoms with E-state index >= 15 is 0 Å². The van der Waals surface area contributed by atoms with E-state index in [2.05, 4.69) is 10.5 Å². The molecule has 0 aliphatic rings. The average Bonchev–Trinajstić information content (AvgIpc) is 2.52. The number of nitrogen functional groups attached to an aromatic ring is 1. The molecule has 0 saturated carbocycles. The smallest absolute Gasteiger partial charge is 0.273 e. The molecule has 0 radical (unpaired) electrons. The van der Waals surface area contributed by atoms with Crippen LogP contribution in [0.25, 0.3) is 0 Å². The van der Waals surface area contributed by atoms with Gasteiger partial charge < -0.3 is 10.5 Å². The number of para-hydroxylation sites is 1. The lowest BCUT2D eigenvalue weighted by atomic mass is 10.1. The monoisotopic (exact) mass is 283 g/mol. The molecule has 0 aliphatic carbocycles. The molecular weight excluding hydrogens is 266 g/mol. The van der Waals surface area contributed by atoms with Gasteiger partial charge in [0.05, 0.1) is 18.4 Å². The number of anilines is 1. The summed E-state index contributed by atoms with van der Waals surface area (Å²) in [6.45, 7) is 1.82. The van der Waals surface area contributed by atoms with Crippen LogP contribution in [0.5, 0.6) is 5.75 Å². The largest absolute Gasteiger partial charge is 0.497 e. The van der Waals surface area contributed by atoms with E-state index in [9.17, 15) is 4.79 Å². The van der Waals surface area contributed by atoms with Crippen LogP contribution in [0, 0.1) is 0 Å². The van der Waals surface area contributed by atoms with Crippen molar-refractivity contribution in [2.75, 3.05) is 12.8 Å². The predicted octanol–water partition coefficient (Wildman–Crippen LogP) is 2.43. The first-order chi connectivity index (χ1) is 10.1. The van der Waals surface area contributed by atoms with Crippen LogP contribution in [0.3, 0.4) is 0 Å². The van der Waals surface area contributed by atoms with E-state index in [1.54, 1.807) is 31.4 Å². The predicted molar refractivity (Wildman–Crippen MR) is 83.5 cm³/mol. The van der Waals surface area contributed by atoms with Gasteiger partial charge in [-0.05, 0) is 48.9 Å². The molecule has 5 heteroatoms. The molecule has 0 unspecified atom stereocenters. The zero-order chi connectivity index (χ0) is 15.2. The first-order valence-corrected chi connectivity index (χ1v) is 6.45. The van der Waals surface area contributed by atoms with E-state index in [0.717, 1.165) is 11.3 Å². The van der Waals surface area contributed by atoms with Crippen molar-refractivity contribution in [1.29, 1.82) is 0 Å². The second-order valence-electron chi connectivity index (χ2n) is 4.45. The Labute approximate surface area is 123 Å². The Morgan fingerprint density at radius 2 is 1.81 bits per heavy atom. The summed E-state index contributed by atoms with van der Waals surface area (Å²) in [4.78, 5) is 12.0. The molecule has 0 spiro atoms. The quantitative estimate of drug-likeness (QED) is 0.514. The van der Waals surface area contributed by atoms with Gasteiger partial charge >= 0.3 is 0 Å². The molecule has 0 bridgehead atoms. The van der Waals surface area contributed by atoms with Gasteiger partial charge in [0, 0.05) is 5.69 Å². The summed E-state index contributed by atoms with van der Waals surface area (Å²) in [6.07, 6.45) is 0. The van der Waals surface area contributed by atoms with Gasteiger partial charge in [-0.2, -0.15) is 5.10 Å². The van der Waals surface area contributed by atoms with Crippen LogP contribution in [-0.4, -0.2) is 18.7 Å². The Kier molecular flexibility index (Phi) is 4.56. The number of rotatable bonds is 4. The maximum Gasteiger partial charge on any atom is 0.273 e. The summed E-state index contributed by atoms with van der Waals surface area (Å²) >= 11 is 0. The third-order valence-electron chi connectivity index (χ3n) is 3.04. The van der Waals surface area contributed by atoms with E-state index in [1.165, 1.54) is 0 Å². The van der Waals surface area contributed by atoms with E-state index < -0.39 is 0 Å². The molecule has 2 aromatic carbocycles. The first kappa shape index (κ1) is 14.6. The van der Waals surface area contributed by atoms with Crippen LogP contribution >= 0.6 is 0 Å². The highest BCUT2D eigenvalue weighted by Gasteiger charge is 2.08. The van der Waals surface area contributed by atoms with E-state index in [1.807, 2.05) is 31.2 Å². The highest BCUT2D eigenvalue weighted by atomic mass is 16.5. The average molecular weight is 283 g/mol. The van der Waals surface area contributed by atoms with Crippen molar-refractivity contribution in [3.8, 4) is 5.75 Å². The number of hydrogen-bond acceptors (Lipinski definition) is 4. The number of amides is 1. The third-order valence-corrected chi connectivity index (χ3v) is 3.04. The molecule has 0 aliphatic heterocycles. The van der Waals surface area contributed by atoms with Gasteiger partial charge in [-0.25, -0.2) is 5.43 Å². The van der Waals surface area contributed by atoms with Crippen molar-refractivity contribution in [3.05, 3.63) is 59.7 Å². The van der Waals surface area contributed by atoms with Crippen LogP contribution < -0.4 is 15.9 Å². The maximum atomic E-state index is 12.0. The summed E-state index contributed by atoms with van der Waals surface area (Å²) in [5.41, 5.74) is 10.7.